The fourth-order valence-electron chi connectivity index (χ4n) is 2.80. The van der Waals surface area contributed by atoms with Crippen LogP contribution in [0.4, 0.5) is 5.82 Å². The first-order chi connectivity index (χ1) is 11.1. The molecule has 0 saturated heterocycles. The minimum absolute atomic E-state index is 0.173. The van der Waals surface area contributed by atoms with E-state index < -0.39 is 0 Å². The summed E-state index contributed by atoms with van der Waals surface area (Å²) in [5.74, 6) is 1.71. The fraction of sp³-hybridized carbons (Fsp3) is 0.412. The minimum atomic E-state index is 0.173. The van der Waals surface area contributed by atoms with Gasteiger partial charge in [0.05, 0.1) is 12.9 Å². The van der Waals surface area contributed by atoms with E-state index in [9.17, 15) is 0 Å². The maximum Gasteiger partial charge on any atom is 0.158 e. The van der Waals surface area contributed by atoms with E-state index in [1.165, 1.54) is 0 Å². The van der Waals surface area contributed by atoms with Crippen molar-refractivity contribution in [2.45, 2.75) is 33.2 Å². The Labute approximate surface area is 135 Å². The van der Waals surface area contributed by atoms with Crippen LogP contribution in [-0.2, 0) is 11.2 Å². The highest BCUT2D eigenvalue weighted by Crippen LogP contribution is 2.26. The highest BCUT2D eigenvalue weighted by atomic mass is 16.5. The van der Waals surface area contributed by atoms with Gasteiger partial charge in [-0.3, -0.25) is 0 Å². The van der Waals surface area contributed by atoms with Crippen LogP contribution in [0.15, 0.2) is 28.9 Å². The molecule has 0 amide bonds. The predicted molar refractivity (Wildman–Crippen MR) is 89.8 cm³/mol. The summed E-state index contributed by atoms with van der Waals surface area (Å²) in [4.78, 5) is 4.68. The van der Waals surface area contributed by atoms with Gasteiger partial charge in [0.2, 0.25) is 0 Å². The highest BCUT2D eigenvalue weighted by Gasteiger charge is 2.17. The molecule has 0 saturated carbocycles. The van der Waals surface area contributed by atoms with Crippen molar-refractivity contribution in [3.63, 3.8) is 0 Å². The smallest absolute Gasteiger partial charge is 0.158 e. The molecule has 0 bridgehead atoms. The van der Waals surface area contributed by atoms with E-state index in [1.807, 2.05) is 29.6 Å². The number of aryl methyl sites for hydroxylation is 1. The molecule has 6 nitrogen and oxygen atoms in total. The number of anilines is 1. The molecule has 0 fully saturated rings. The number of methoxy groups -OCH3 is 1. The molecule has 3 aromatic heterocycles. The maximum absolute atomic E-state index is 5.45. The molecule has 6 heteroatoms. The van der Waals surface area contributed by atoms with Crippen molar-refractivity contribution in [2.75, 3.05) is 19.0 Å². The summed E-state index contributed by atoms with van der Waals surface area (Å²) in [5, 5.41) is 8.18. The fourth-order valence-corrected chi connectivity index (χ4v) is 2.80. The van der Waals surface area contributed by atoms with Crippen LogP contribution >= 0.6 is 0 Å². The van der Waals surface area contributed by atoms with Gasteiger partial charge in [-0.05, 0) is 32.4 Å². The lowest BCUT2D eigenvalue weighted by Crippen LogP contribution is -2.24. The third-order valence-electron chi connectivity index (χ3n) is 3.83. The lowest BCUT2D eigenvalue weighted by molar-refractivity contribution is 0.190. The van der Waals surface area contributed by atoms with E-state index in [1.54, 1.807) is 13.4 Å². The van der Waals surface area contributed by atoms with E-state index in [-0.39, 0.29) is 6.04 Å². The predicted octanol–water partition coefficient (Wildman–Crippen LogP) is 3.31. The summed E-state index contributed by atoms with van der Waals surface area (Å²) in [6.07, 6.45) is 2.53. The Morgan fingerprint density at radius 3 is 2.91 bits per heavy atom. The van der Waals surface area contributed by atoms with Crippen molar-refractivity contribution < 1.29 is 9.15 Å². The summed E-state index contributed by atoms with van der Waals surface area (Å²) < 4.78 is 12.5. The number of ether oxygens (including phenoxy) is 1. The number of hydrogen-bond acceptors (Lipinski definition) is 5. The maximum atomic E-state index is 5.45. The van der Waals surface area contributed by atoms with Crippen molar-refractivity contribution >= 4 is 11.5 Å². The van der Waals surface area contributed by atoms with Gasteiger partial charge >= 0.3 is 0 Å². The average molecular weight is 314 g/mol. The molecule has 1 N–H and O–H groups in total. The van der Waals surface area contributed by atoms with Gasteiger partial charge in [-0.15, -0.1) is 0 Å². The lowest BCUT2D eigenvalue weighted by Gasteiger charge is -2.19. The van der Waals surface area contributed by atoms with E-state index >= 15 is 0 Å². The average Bonchev–Trinajstić information content (AvgIpc) is 3.16. The van der Waals surface area contributed by atoms with Gasteiger partial charge in [-0.25, -0.2) is 4.98 Å². The second-order valence-corrected chi connectivity index (χ2v) is 5.66. The molecule has 122 valence electrons. The first-order valence-corrected chi connectivity index (χ1v) is 7.82. The Kier molecular flexibility index (Phi) is 4.34. The molecule has 3 heterocycles. The molecule has 0 aliphatic heterocycles. The number of hydrogen-bond donors (Lipinski definition) is 1. The first-order valence-electron chi connectivity index (χ1n) is 7.82. The van der Waals surface area contributed by atoms with E-state index in [2.05, 4.69) is 29.2 Å². The van der Waals surface area contributed by atoms with Gasteiger partial charge in [0.25, 0.3) is 0 Å². The summed E-state index contributed by atoms with van der Waals surface area (Å²) in [6, 6.07) is 5.87. The van der Waals surface area contributed by atoms with Crippen molar-refractivity contribution in [3.05, 3.63) is 35.7 Å². The van der Waals surface area contributed by atoms with Gasteiger partial charge in [-0.2, -0.15) is 9.61 Å². The largest absolute Gasteiger partial charge is 0.463 e. The quantitative estimate of drug-likeness (QED) is 0.756. The van der Waals surface area contributed by atoms with Gasteiger partial charge in [-0.1, -0.05) is 6.92 Å². The molecule has 0 spiro atoms. The first kappa shape index (κ1) is 15.6. The number of nitrogens with zero attached hydrogens (tertiary/aromatic N) is 3. The number of furan rings is 1. The Bertz CT molecular complexity index is 793. The Morgan fingerprint density at radius 2 is 2.26 bits per heavy atom. The molecule has 0 radical (unpaired) electrons. The van der Waals surface area contributed by atoms with Crippen LogP contribution in [-0.4, -0.2) is 34.4 Å². The van der Waals surface area contributed by atoms with Crippen LogP contribution in [0.5, 0.6) is 0 Å². The SMILES string of the molecule is CCc1c(C)nc2cc(-c3ccco3)nn2c1N[C@@H](C)COC. The molecular weight excluding hydrogens is 292 g/mol. The van der Waals surface area contributed by atoms with E-state index in [4.69, 9.17) is 9.15 Å². The van der Waals surface area contributed by atoms with Gasteiger partial charge in [0.1, 0.15) is 11.5 Å². The number of rotatable bonds is 6. The van der Waals surface area contributed by atoms with Crippen LogP contribution in [0.2, 0.25) is 0 Å². The molecule has 1 atom stereocenters. The minimum Gasteiger partial charge on any atom is -0.463 e. The second-order valence-electron chi connectivity index (χ2n) is 5.66. The normalized spacial score (nSPS) is 12.7. The summed E-state index contributed by atoms with van der Waals surface area (Å²) in [5.41, 5.74) is 3.75. The van der Waals surface area contributed by atoms with Crippen LogP contribution in [0.1, 0.15) is 25.1 Å². The van der Waals surface area contributed by atoms with E-state index in [0.29, 0.717) is 6.61 Å². The monoisotopic (exact) mass is 314 g/mol. The molecule has 0 aliphatic carbocycles. The zero-order chi connectivity index (χ0) is 16.4. The topological polar surface area (TPSA) is 64.6 Å². The van der Waals surface area contributed by atoms with Gasteiger partial charge in [0.15, 0.2) is 11.4 Å². The third-order valence-corrected chi connectivity index (χ3v) is 3.83. The third kappa shape index (κ3) is 2.94. The Hall–Kier alpha value is -2.34. The van der Waals surface area contributed by atoms with Crippen molar-refractivity contribution in [3.8, 4) is 11.5 Å². The number of fused-ring (bicyclic) bond motifs is 1. The second kappa shape index (κ2) is 6.42. The van der Waals surface area contributed by atoms with Crippen LogP contribution in [0.3, 0.4) is 0 Å². The Morgan fingerprint density at radius 1 is 1.43 bits per heavy atom. The number of aromatic nitrogens is 3. The molecule has 23 heavy (non-hydrogen) atoms. The standard InChI is InChI=1S/C17H22N4O2/c1-5-13-12(3)19-16-9-14(15-7-6-8-23-15)20-21(16)17(13)18-11(2)10-22-4/h6-9,11,18H,5,10H2,1-4H3/t11-/m0/s1. The van der Waals surface area contributed by atoms with Crippen LogP contribution < -0.4 is 5.32 Å². The molecule has 0 unspecified atom stereocenters. The van der Waals surface area contributed by atoms with Crippen LogP contribution in [0.25, 0.3) is 17.1 Å². The highest BCUT2D eigenvalue weighted by molar-refractivity contribution is 5.63. The van der Waals surface area contributed by atoms with Gasteiger partial charge < -0.3 is 14.5 Å². The molecular formula is C17H22N4O2. The van der Waals surface area contributed by atoms with Crippen molar-refractivity contribution in [1.29, 1.82) is 0 Å². The van der Waals surface area contributed by atoms with Crippen LogP contribution in [0, 0.1) is 6.92 Å². The molecule has 0 aliphatic rings. The van der Waals surface area contributed by atoms with Crippen molar-refractivity contribution in [1.82, 2.24) is 14.6 Å². The zero-order valence-electron chi connectivity index (χ0n) is 14.0. The number of nitrogens with one attached hydrogen (secondary N) is 1. The molecule has 3 aromatic rings. The Balaban J connectivity index is 2.13. The van der Waals surface area contributed by atoms with Crippen molar-refractivity contribution in [2.24, 2.45) is 0 Å². The summed E-state index contributed by atoms with van der Waals surface area (Å²) >= 11 is 0. The summed E-state index contributed by atoms with van der Waals surface area (Å²) in [6.45, 7) is 6.86. The molecule has 3 rings (SSSR count). The zero-order valence-corrected chi connectivity index (χ0v) is 14.0. The summed E-state index contributed by atoms with van der Waals surface area (Å²) in [7, 11) is 1.70. The molecule has 0 aromatic carbocycles. The van der Waals surface area contributed by atoms with Gasteiger partial charge in [0, 0.05) is 30.5 Å². The lowest BCUT2D eigenvalue weighted by atomic mass is 10.1. The van der Waals surface area contributed by atoms with E-state index in [0.717, 1.165) is 40.6 Å².